The number of morpholine rings is 1. The minimum absolute atomic E-state index is 0.00293. The van der Waals surface area contributed by atoms with E-state index in [9.17, 15) is 4.79 Å². The number of carbonyl (C=O) groups is 1. The first-order valence-electron chi connectivity index (χ1n) is 12.3. The molecule has 178 valence electrons. The van der Waals surface area contributed by atoms with Gasteiger partial charge >= 0.3 is 0 Å². The summed E-state index contributed by atoms with van der Waals surface area (Å²) < 4.78 is 5.49. The van der Waals surface area contributed by atoms with Crippen LogP contribution >= 0.6 is 23.1 Å². The summed E-state index contributed by atoms with van der Waals surface area (Å²) >= 11 is 3.42. The second kappa shape index (κ2) is 9.47. The SMILES string of the molecule is CC1CCc2c(sc3nc(C4CC4)nc(SCC(=O)Nc4ccccc4N4CCOCC4)c23)C1. The number of ether oxygens (including phenoxy) is 1. The fourth-order valence-electron chi connectivity index (χ4n) is 4.93. The number of hydrogen-bond donors (Lipinski definition) is 1. The van der Waals surface area contributed by atoms with Crippen molar-refractivity contribution in [2.75, 3.05) is 42.3 Å². The minimum atomic E-state index is 0.00293. The van der Waals surface area contributed by atoms with Gasteiger partial charge in [-0.15, -0.1) is 11.3 Å². The van der Waals surface area contributed by atoms with Crippen molar-refractivity contribution >= 4 is 50.6 Å². The van der Waals surface area contributed by atoms with Gasteiger partial charge in [-0.3, -0.25) is 4.79 Å². The molecule has 8 heteroatoms. The van der Waals surface area contributed by atoms with Crippen molar-refractivity contribution in [3.05, 3.63) is 40.5 Å². The molecular weight excluding hydrogens is 464 g/mol. The van der Waals surface area contributed by atoms with E-state index in [-0.39, 0.29) is 5.91 Å². The summed E-state index contributed by atoms with van der Waals surface area (Å²) in [6, 6.07) is 8.05. The maximum atomic E-state index is 13.0. The number of nitrogens with zero attached hydrogens (tertiary/aromatic N) is 3. The third kappa shape index (κ3) is 4.55. The van der Waals surface area contributed by atoms with E-state index >= 15 is 0 Å². The van der Waals surface area contributed by atoms with E-state index in [2.05, 4.69) is 23.2 Å². The van der Waals surface area contributed by atoms with Crippen LogP contribution in [0.15, 0.2) is 29.3 Å². The van der Waals surface area contributed by atoms with Gasteiger partial charge in [0.25, 0.3) is 0 Å². The normalized spacial score (nSPS) is 20.4. The Labute approximate surface area is 208 Å². The van der Waals surface area contributed by atoms with Gasteiger partial charge in [-0.2, -0.15) is 0 Å². The monoisotopic (exact) mass is 494 g/mol. The molecule has 2 fully saturated rings. The summed E-state index contributed by atoms with van der Waals surface area (Å²) in [5.41, 5.74) is 3.36. The molecule has 0 bridgehead atoms. The van der Waals surface area contributed by atoms with E-state index in [1.165, 1.54) is 35.1 Å². The lowest BCUT2D eigenvalue weighted by Crippen LogP contribution is -2.36. The quantitative estimate of drug-likeness (QED) is 0.372. The third-order valence-corrected chi connectivity index (χ3v) is 9.08. The largest absolute Gasteiger partial charge is 0.378 e. The van der Waals surface area contributed by atoms with E-state index in [1.807, 2.05) is 29.5 Å². The third-order valence-electron chi connectivity index (χ3n) is 6.95. The molecule has 2 aromatic heterocycles. The Balaban J connectivity index is 1.23. The van der Waals surface area contributed by atoms with Crippen LogP contribution in [0, 0.1) is 5.92 Å². The zero-order valence-electron chi connectivity index (χ0n) is 19.5. The second-order valence-electron chi connectivity index (χ2n) is 9.65. The highest BCUT2D eigenvalue weighted by molar-refractivity contribution is 8.00. The van der Waals surface area contributed by atoms with Crippen LogP contribution < -0.4 is 10.2 Å². The van der Waals surface area contributed by atoms with Crippen molar-refractivity contribution in [2.24, 2.45) is 5.92 Å². The maximum absolute atomic E-state index is 13.0. The lowest BCUT2D eigenvalue weighted by Gasteiger charge is -2.30. The van der Waals surface area contributed by atoms with E-state index in [0.717, 1.165) is 72.1 Å². The zero-order valence-corrected chi connectivity index (χ0v) is 21.1. The number of rotatable bonds is 6. The van der Waals surface area contributed by atoms with Crippen molar-refractivity contribution in [1.82, 2.24) is 9.97 Å². The predicted octanol–water partition coefficient (Wildman–Crippen LogP) is 5.26. The second-order valence-corrected chi connectivity index (χ2v) is 11.7. The van der Waals surface area contributed by atoms with Crippen LogP contribution in [0.5, 0.6) is 0 Å². The van der Waals surface area contributed by atoms with E-state index in [1.54, 1.807) is 11.8 Å². The summed E-state index contributed by atoms with van der Waals surface area (Å²) in [6.07, 6.45) is 5.80. The van der Waals surface area contributed by atoms with Gasteiger partial charge in [-0.25, -0.2) is 9.97 Å². The lowest BCUT2D eigenvalue weighted by atomic mass is 9.89. The van der Waals surface area contributed by atoms with Crippen molar-refractivity contribution in [3.63, 3.8) is 0 Å². The van der Waals surface area contributed by atoms with Crippen LogP contribution in [0.2, 0.25) is 0 Å². The van der Waals surface area contributed by atoms with E-state index in [0.29, 0.717) is 11.7 Å². The Morgan fingerprint density at radius 3 is 2.85 bits per heavy atom. The fraction of sp³-hybridized carbons (Fsp3) is 0.500. The molecule has 1 amide bonds. The van der Waals surface area contributed by atoms with Gasteiger partial charge in [0, 0.05) is 29.3 Å². The van der Waals surface area contributed by atoms with Crippen LogP contribution in [-0.2, 0) is 22.4 Å². The smallest absolute Gasteiger partial charge is 0.234 e. The lowest BCUT2D eigenvalue weighted by molar-refractivity contribution is -0.113. The predicted molar refractivity (Wildman–Crippen MR) is 139 cm³/mol. The first-order chi connectivity index (χ1) is 16.7. The molecule has 3 aromatic rings. The molecule has 1 saturated heterocycles. The molecule has 34 heavy (non-hydrogen) atoms. The molecule has 0 radical (unpaired) electrons. The van der Waals surface area contributed by atoms with Crippen molar-refractivity contribution in [3.8, 4) is 0 Å². The zero-order chi connectivity index (χ0) is 23.1. The summed E-state index contributed by atoms with van der Waals surface area (Å²) in [7, 11) is 0. The Morgan fingerprint density at radius 1 is 1.21 bits per heavy atom. The maximum Gasteiger partial charge on any atom is 0.234 e. The number of para-hydroxylation sites is 2. The van der Waals surface area contributed by atoms with Gasteiger partial charge in [0.1, 0.15) is 15.7 Å². The number of thiophene rings is 1. The van der Waals surface area contributed by atoms with E-state index in [4.69, 9.17) is 14.7 Å². The molecule has 2 aliphatic carbocycles. The molecule has 1 unspecified atom stereocenters. The molecule has 1 saturated carbocycles. The first-order valence-corrected chi connectivity index (χ1v) is 14.1. The number of carbonyl (C=O) groups excluding carboxylic acids is 1. The molecule has 1 aliphatic heterocycles. The molecular formula is C26H30N4O2S2. The van der Waals surface area contributed by atoms with E-state index < -0.39 is 0 Å². The highest BCUT2D eigenvalue weighted by atomic mass is 32.2. The summed E-state index contributed by atoms with van der Waals surface area (Å²) in [6.45, 7) is 5.45. The van der Waals surface area contributed by atoms with Gasteiger partial charge in [0.05, 0.1) is 30.3 Å². The van der Waals surface area contributed by atoms with Crippen LogP contribution in [-0.4, -0.2) is 47.9 Å². The summed E-state index contributed by atoms with van der Waals surface area (Å²) in [5.74, 6) is 2.54. The van der Waals surface area contributed by atoms with Crippen LogP contribution in [0.4, 0.5) is 11.4 Å². The molecule has 3 aliphatic rings. The summed E-state index contributed by atoms with van der Waals surface area (Å²) in [5, 5.41) is 5.36. The van der Waals surface area contributed by atoms with Crippen molar-refractivity contribution < 1.29 is 9.53 Å². The summed E-state index contributed by atoms with van der Waals surface area (Å²) in [4.78, 5) is 27.9. The van der Waals surface area contributed by atoms with Gasteiger partial charge in [-0.1, -0.05) is 30.8 Å². The van der Waals surface area contributed by atoms with Crippen LogP contribution in [0.3, 0.4) is 0 Å². The first kappa shape index (κ1) is 22.3. The molecule has 1 atom stereocenters. The molecule has 1 N–H and O–H groups in total. The average Bonchev–Trinajstić information content (AvgIpc) is 3.64. The highest BCUT2D eigenvalue weighted by Crippen LogP contribution is 2.44. The van der Waals surface area contributed by atoms with Gasteiger partial charge in [-0.05, 0) is 55.7 Å². The Kier molecular flexibility index (Phi) is 6.22. The molecule has 0 spiro atoms. The number of thioether (sulfide) groups is 1. The molecule has 6 nitrogen and oxygen atoms in total. The number of nitrogens with one attached hydrogen (secondary N) is 1. The number of anilines is 2. The Bertz CT molecular complexity index is 1220. The van der Waals surface area contributed by atoms with Gasteiger partial charge in [0.15, 0.2) is 0 Å². The molecule has 6 rings (SSSR count). The van der Waals surface area contributed by atoms with Gasteiger partial charge < -0.3 is 15.0 Å². The highest BCUT2D eigenvalue weighted by Gasteiger charge is 2.30. The minimum Gasteiger partial charge on any atom is -0.378 e. The standard InChI is InChI=1S/C26H30N4O2S2/c1-16-6-9-18-21(14-16)34-26-23(18)25(28-24(29-26)17-7-8-17)33-15-22(31)27-19-4-2-3-5-20(19)30-10-12-32-13-11-30/h2-5,16-17H,6-15H2,1H3,(H,27,31). The Hall–Kier alpha value is -2.16. The topological polar surface area (TPSA) is 67.4 Å². The fourth-order valence-corrected chi connectivity index (χ4v) is 7.25. The number of benzene rings is 1. The van der Waals surface area contributed by atoms with Crippen LogP contribution in [0.25, 0.3) is 10.2 Å². The van der Waals surface area contributed by atoms with Gasteiger partial charge in [0.2, 0.25) is 5.91 Å². The molecule has 3 heterocycles. The van der Waals surface area contributed by atoms with Crippen LogP contribution in [0.1, 0.15) is 48.4 Å². The number of aryl methyl sites for hydroxylation is 1. The number of aromatic nitrogens is 2. The number of hydrogen-bond acceptors (Lipinski definition) is 7. The molecule has 1 aromatic carbocycles. The van der Waals surface area contributed by atoms with Crippen molar-refractivity contribution in [1.29, 1.82) is 0 Å². The number of fused-ring (bicyclic) bond motifs is 3. The Morgan fingerprint density at radius 2 is 2.03 bits per heavy atom. The van der Waals surface area contributed by atoms with Crippen molar-refractivity contribution in [2.45, 2.75) is 50.0 Å². The number of amides is 1. The average molecular weight is 495 g/mol.